The summed E-state index contributed by atoms with van der Waals surface area (Å²) in [6, 6.07) is 0. The van der Waals surface area contributed by atoms with Gasteiger partial charge >= 0.3 is 0 Å². The Balaban J connectivity index is 0. The highest BCUT2D eigenvalue weighted by Gasteiger charge is 1.77. The molecule has 0 spiro atoms. The Kier molecular flexibility index (Phi) is 14.0. The Morgan fingerprint density at radius 1 is 1.29 bits per heavy atom. The third-order valence-electron chi connectivity index (χ3n) is 0.542. The molecule has 0 amide bonds. The fraction of sp³-hybridized carbons (Fsp3) is 1.00. The summed E-state index contributed by atoms with van der Waals surface area (Å²) in [4.78, 5) is 0. The molecule has 0 bridgehead atoms. The van der Waals surface area contributed by atoms with Gasteiger partial charge in [-0.15, -0.1) is 11.6 Å². The molecule has 0 aliphatic carbocycles. The molecule has 0 atom stereocenters. The van der Waals surface area contributed by atoms with Gasteiger partial charge in [0.1, 0.15) is 0 Å². The second-order valence-corrected chi connectivity index (χ2v) is 1.50. The number of aliphatic hydroxyl groups excluding tert-OH is 1. The molecule has 0 fully saturated rings. The van der Waals surface area contributed by atoms with Crippen LogP contribution in [0.3, 0.4) is 0 Å². The normalized spacial score (nSPS) is 7.71. The number of hydrogen-bond donors (Lipinski definition) is 1. The van der Waals surface area contributed by atoms with Crippen molar-refractivity contribution in [2.24, 2.45) is 0 Å². The van der Waals surface area contributed by atoms with Crippen molar-refractivity contribution >= 4 is 11.6 Å². The van der Waals surface area contributed by atoms with E-state index < -0.39 is 0 Å². The van der Waals surface area contributed by atoms with Crippen molar-refractivity contribution in [3.8, 4) is 0 Å². The van der Waals surface area contributed by atoms with Crippen LogP contribution in [-0.2, 0) is 0 Å². The first-order valence-electron chi connectivity index (χ1n) is 2.08. The first-order valence-corrected chi connectivity index (χ1v) is 2.62. The fourth-order valence-corrected chi connectivity index (χ4v) is 0.395. The number of hydrogen-bond acceptors (Lipinski definition) is 1. The van der Waals surface area contributed by atoms with E-state index in [9.17, 15) is 0 Å². The average Bonchev–Trinajstić information content (AvgIpc) is 1.61. The van der Waals surface area contributed by atoms with Crippen molar-refractivity contribution < 1.29 is 5.11 Å². The van der Waals surface area contributed by atoms with Crippen molar-refractivity contribution in [2.75, 3.05) is 12.5 Å². The minimum absolute atomic E-state index is 0. The van der Waals surface area contributed by atoms with E-state index in [1.54, 1.807) is 0 Å². The standard InChI is InChI=1S/C4H9ClO.CH4/c5-3-1-2-4-6;/h6H,1-4H2;1H4. The summed E-state index contributed by atoms with van der Waals surface area (Å²) < 4.78 is 0. The molecule has 0 aliphatic rings. The van der Waals surface area contributed by atoms with Crippen molar-refractivity contribution in [1.82, 2.24) is 0 Å². The van der Waals surface area contributed by atoms with E-state index in [4.69, 9.17) is 16.7 Å². The predicted molar refractivity (Wildman–Crippen MR) is 33.8 cm³/mol. The Morgan fingerprint density at radius 2 is 1.86 bits per heavy atom. The summed E-state index contributed by atoms with van der Waals surface area (Å²) in [5.74, 6) is 0.667. The molecule has 1 N–H and O–H groups in total. The Hall–Kier alpha value is 0.250. The predicted octanol–water partition coefficient (Wildman–Crippen LogP) is 1.63. The quantitative estimate of drug-likeness (QED) is 0.448. The molecule has 2 heteroatoms. The molecule has 0 aromatic heterocycles. The van der Waals surface area contributed by atoms with E-state index in [1.807, 2.05) is 0 Å². The molecular formula is C5H13ClO. The van der Waals surface area contributed by atoms with Gasteiger partial charge in [0.25, 0.3) is 0 Å². The van der Waals surface area contributed by atoms with Crippen LogP contribution in [0.1, 0.15) is 20.3 Å². The number of alkyl halides is 1. The van der Waals surface area contributed by atoms with Crippen LogP contribution < -0.4 is 0 Å². The van der Waals surface area contributed by atoms with Gasteiger partial charge in [0.15, 0.2) is 0 Å². The molecule has 1 nitrogen and oxygen atoms in total. The van der Waals surface area contributed by atoms with Gasteiger partial charge < -0.3 is 5.11 Å². The van der Waals surface area contributed by atoms with Crippen LogP contribution in [0.2, 0.25) is 0 Å². The van der Waals surface area contributed by atoms with E-state index in [1.165, 1.54) is 0 Å². The lowest BCUT2D eigenvalue weighted by molar-refractivity contribution is 0.287. The summed E-state index contributed by atoms with van der Waals surface area (Å²) in [6.07, 6.45) is 1.77. The van der Waals surface area contributed by atoms with Crippen LogP contribution in [0.25, 0.3) is 0 Å². The van der Waals surface area contributed by atoms with Crippen molar-refractivity contribution in [2.45, 2.75) is 20.3 Å². The highest BCUT2D eigenvalue weighted by Crippen LogP contribution is 1.87. The van der Waals surface area contributed by atoms with Gasteiger partial charge in [-0.2, -0.15) is 0 Å². The summed E-state index contributed by atoms with van der Waals surface area (Å²) in [5, 5.41) is 8.14. The summed E-state index contributed by atoms with van der Waals surface area (Å²) >= 11 is 5.27. The first kappa shape index (κ1) is 10.3. The lowest BCUT2D eigenvalue weighted by atomic mass is 10.4. The van der Waals surface area contributed by atoms with E-state index in [2.05, 4.69) is 0 Å². The molecule has 0 unspecified atom stereocenters. The maximum Gasteiger partial charge on any atom is 0.0431 e. The highest BCUT2D eigenvalue weighted by atomic mass is 35.5. The zero-order valence-electron chi connectivity index (χ0n) is 3.65. The molecule has 0 heterocycles. The van der Waals surface area contributed by atoms with Crippen LogP contribution >= 0.6 is 11.6 Å². The third kappa shape index (κ3) is 10.7. The summed E-state index contributed by atoms with van der Waals surface area (Å²) in [6.45, 7) is 0.271. The van der Waals surface area contributed by atoms with Crippen LogP contribution in [0, 0.1) is 0 Å². The van der Waals surface area contributed by atoms with Crippen molar-refractivity contribution in [1.29, 1.82) is 0 Å². The van der Waals surface area contributed by atoms with Gasteiger partial charge in [0.2, 0.25) is 0 Å². The molecule has 0 aromatic rings. The lowest BCUT2D eigenvalue weighted by Crippen LogP contribution is -1.81. The van der Waals surface area contributed by atoms with Crippen molar-refractivity contribution in [3.05, 3.63) is 0 Å². The van der Waals surface area contributed by atoms with Gasteiger partial charge in [-0.25, -0.2) is 0 Å². The zero-order chi connectivity index (χ0) is 4.83. The fourth-order valence-electron chi connectivity index (χ4n) is 0.206. The second-order valence-electron chi connectivity index (χ2n) is 1.12. The van der Waals surface area contributed by atoms with Crippen LogP contribution in [0.5, 0.6) is 0 Å². The van der Waals surface area contributed by atoms with Crippen LogP contribution in [0.4, 0.5) is 0 Å². The SMILES string of the molecule is C.OCCCCCl. The third-order valence-corrected chi connectivity index (χ3v) is 0.809. The van der Waals surface area contributed by atoms with E-state index in [0.29, 0.717) is 5.88 Å². The number of unbranched alkanes of at least 4 members (excludes halogenated alkanes) is 1. The topological polar surface area (TPSA) is 20.2 Å². The van der Waals surface area contributed by atoms with Gasteiger partial charge in [0, 0.05) is 12.5 Å². The largest absolute Gasteiger partial charge is 0.396 e. The number of rotatable bonds is 3. The van der Waals surface area contributed by atoms with Crippen LogP contribution in [0.15, 0.2) is 0 Å². The maximum absolute atomic E-state index is 8.14. The molecule has 0 saturated heterocycles. The summed E-state index contributed by atoms with van der Waals surface area (Å²) in [5.41, 5.74) is 0. The molecule has 0 radical (unpaired) electrons. The first-order chi connectivity index (χ1) is 2.91. The maximum atomic E-state index is 8.14. The smallest absolute Gasteiger partial charge is 0.0431 e. The highest BCUT2D eigenvalue weighted by molar-refractivity contribution is 6.17. The Morgan fingerprint density at radius 3 is 2.00 bits per heavy atom. The average molecular weight is 125 g/mol. The molecule has 0 rings (SSSR count). The van der Waals surface area contributed by atoms with Crippen LogP contribution in [-0.4, -0.2) is 17.6 Å². The van der Waals surface area contributed by atoms with E-state index in [0.717, 1.165) is 12.8 Å². The molecule has 0 saturated carbocycles. The monoisotopic (exact) mass is 124 g/mol. The zero-order valence-corrected chi connectivity index (χ0v) is 4.41. The minimum Gasteiger partial charge on any atom is -0.396 e. The second kappa shape index (κ2) is 9.54. The lowest BCUT2D eigenvalue weighted by Gasteiger charge is -1.84. The van der Waals surface area contributed by atoms with Gasteiger partial charge in [-0.1, -0.05) is 7.43 Å². The molecule has 0 aliphatic heterocycles. The molecule has 7 heavy (non-hydrogen) atoms. The minimum atomic E-state index is 0. The van der Waals surface area contributed by atoms with Crippen molar-refractivity contribution in [3.63, 3.8) is 0 Å². The molecule has 46 valence electrons. The van der Waals surface area contributed by atoms with E-state index in [-0.39, 0.29) is 14.0 Å². The number of halogens is 1. The molecular weight excluding hydrogens is 112 g/mol. The number of aliphatic hydroxyl groups is 1. The Bertz CT molecular complexity index is 20.0. The van der Waals surface area contributed by atoms with E-state index >= 15 is 0 Å². The molecule has 0 aromatic carbocycles. The van der Waals surface area contributed by atoms with Gasteiger partial charge in [0.05, 0.1) is 0 Å². The van der Waals surface area contributed by atoms with Gasteiger partial charge in [-0.05, 0) is 12.8 Å². The summed E-state index contributed by atoms with van der Waals surface area (Å²) in [7, 11) is 0. The Labute approximate surface area is 50.3 Å². The van der Waals surface area contributed by atoms with Gasteiger partial charge in [-0.3, -0.25) is 0 Å².